The molecule has 1 aromatic heterocycles. The number of aromatic nitrogens is 1. The molecular weight excluding hydrogens is 250 g/mol. The van der Waals surface area contributed by atoms with Crippen molar-refractivity contribution >= 4 is 5.82 Å². The number of pyridine rings is 1. The molecule has 1 saturated heterocycles. The van der Waals surface area contributed by atoms with E-state index in [9.17, 15) is 5.26 Å². The molecule has 4 nitrogen and oxygen atoms in total. The van der Waals surface area contributed by atoms with Crippen molar-refractivity contribution in [2.24, 2.45) is 0 Å². The Labute approximate surface area is 121 Å². The number of nitrogens with one attached hydrogen (secondary N) is 1. The van der Waals surface area contributed by atoms with Crippen LogP contribution in [0.5, 0.6) is 0 Å². The molecule has 1 fully saturated rings. The van der Waals surface area contributed by atoms with E-state index in [0.29, 0.717) is 17.4 Å². The summed E-state index contributed by atoms with van der Waals surface area (Å²) in [6.07, 6.45) is 3.98. The van der Waals surface area contributed by atoms with Crippen molar-refractivity contribution in [2.75, 3.05) is 11.9 Å². The van der Waals surface area contributed by atoms with Crippen molar-refractivity contribution < 1.29 is 4.74 Å². The van der Waals surface area contributed by atoms with Gasteiger partial charge in [0.05, 0.1) is 11.2 Å². The third kappa shape index (κ3) is 3.10. The zero-order valence-electron chi connectivity index (χ0n) is 12.6. The average Bonchev–Trinajstić information content (AvgIpc) is 2.47. The summed E-state index contributed by atoms with van der Waals surface area (Å²) in [6.45, 7) is 7.07. The van der Waals surface area contributed by atoms with Crippen molar-refractivity contribution in [3.8, 4) is 6.07 Å². The third-order valence-corrected chi connectivity index (χ3v) is 4.28. The number of hydrogen-bond acceptors (Lipinski definition) is 4. The normalized spacial score (nSPS) is 21.2. The number of rotatable bonds is 4. The topological polar surface area (TPSA) is 57.9 Å². The minimum atomic E-state index is -0.0213. The van der Waals surface area contributed by atoms with Crippen molar-refractivity contribution in [1.82, 2.24) is 4.98 Å². The quantitative estimate of drug-likeness (QED) is 0.913. The summed E-state index contributed by atoms with van der Waals surface area (Å²) < 4.78 is 5.99. The molecule has 1 aliphatic heterocycles. The highest BCUT2D eigenvalue weighted by Gasteiger charge is 2.34. The van der Waals surface area contributed by atoms with Crippen LogP contribution in [-0.4, -0.2) is 23.2 Å². The van der Waals surface area contributed by atoms with Gasteiger partial charge >= 0.3 is 0 Å². The lowest BCUT2D eigenvalue weighted by Gasteiger charge is -2.40. The van der Waals surface area contributed by atoms with Crippen molar-refractivity contribution in [3.05, 3.63) is 23.4 Å². The van der Waals surface area contributed by atoms with E-state index in [2.05, 4.69) is 30.2 Å². The SMILES string of the molecule is CCC1(CC)CC(Nc2nc(C)ccc2C#N)CCO1. The van der Waals surface area contributed by atoms with Gasteiger partial charge in [0.1, 0.15) is 11.9 Å². The number of nitriles is 1. The van der Waals surface area contributed by atoms with E-state index < -0.39 is 0 Å². The van der Waals surface area contributed by atoms with Crippen LogP contribution in [-0.2, 0) is 4.74 Å². The standard InChI is InChI=1S/C16H23N3O/c1-4-16(5-2)10-14(8-9-20-16)19-15-13(11-17)7-6-12(3)18-15/h6-7,14H,4-5,8-10H2,1-3H3,(H,18,19). The second-order valence-corrected chi connectivity index (χ2v) is 5.53. The van der Waals surface area contributed by atoms with Crippen LogP contribution >= 0.6 is 0 Å². The van der Waals surface area contributed by atoms with Crippen LogP contribution in [0.15, 0.2) is 12.1 Å². The molecule has 108 valence electrons. The Morgan fingerprint density at radius 3 is 2.85 bits per heavy atom. The van der Waals surface area contributed by atoms with Crippen LogP contribution in [0.2, 0.25) is 0 Å². The first kappa shape index (κ1) is 14.8. The number of nitrogens with zero attached hydrogens (tertiary/aromatic N) is 2. The van der Waals surface area contributed by atoms with Gasteiger partial charge in [0.2, 0.25) is 0 Å². The minimum absolute atomic E-state index is 0.0213. The maximum atomic E-state index is 9.18. The van der Waals surface area contributed by atoms with Crippen molar-refractivity contribution in [1.29, 1.82) is 5.26 Å². The lowest BCUT2D eigenvalue weighted by Crippen LogP contribution is -2.43. The first-order valence-electron chi connectivity index (χ1n) is 7.40. The number of anilines is 1. The van der Waals surface area contributed by atoms with E-state index in [4.69, 9.17) is 4.74 Å². The lowest BCUT2D eigenvalue weighted by molar-refractivity contribution is -0.0864. The minimum Gasteiger partial charge on any atom is -0.375 e. The molecule has 1 unspecified atom stereocenters. The molecule has 1 aromatic rings. The fourth-order valence-electron chi connectivity index (χ4n) is 2.84. The monoisotopic (exact) mass is 273 g/mol. The van der Waals surface area contributed by atoms with E-state index in [1.165, 1.54) is 0 Å². The maximum absolute atomic E-state index is 9.18. The van der Waals surface area contributed by atoms with Crippen LogP contribution < -0.4 is 5.32 Å². The fraction of sp³-hybridized carbons (Fsp3) is 0.625. The van der Waals surface area contributed by atoms with Gasteiger partial charge in [-0.3, -0.25) is 0 Å². The molecule has 1 aliphatic rings. The number of hydrogen-bond donors (Lipinski definition) is 1. The molecule has 0 aromatic carbocycles. The molecule has 4 heteroatoms. The second kappa shape index (κ2) is 6.23. The Morgan fingerprint density at radius 1 is 1.45 bits per heavy atom. The number of ether oxygens (including phenoxy) is 1. The molecule has 0 radical (unpaired) electrons. The van der Waals surface area contributed by atoms with Crippen LogP contribution in [0.25, 0.3) is 0 Å². The first-order valence-corrected chi connectivity index (χ1v) is 7.40. The van der Waals surface area contributed by atoms with Crippen LogP contribution in [0.3, 0.4) is 0 Å². The van der Waals surface area contributed by atoms with Gasteiger partial charge in [-0.1, -0.05) is 13.8 Å². The van der Waals surface area contributed by atoms with Gasteiger partial charge in [-0.25, -0.2) is 4.98 Å². The summed E-state index contributed by atoms with van der Waals surface area (Å²) in [4.78, 5) is 4.46. The van der Waals surface area contributed by atoms with Gasteiger partial charge in [0, 0.05) is 18.3 Å². The molecule has 0 spiro atoms. The van der Waals surface area contributed by atoms with E-state index in [-0.39, 0.29) is 5.60 Å². The van der Waals surface area contributed by atoms with Crippen molar-refractivity contribution in [2.45, 2.75) is 58.1 Å². The largest absolute Gasteiger partial charge is 0.375 e. The molecule has 20 heavy (non-hydrogen) atoms. The van der Waals surface area contributed by atoms with Gasteiger partial charge in [-0.15, -0.1) is 0 Å². The highest BCUT2D eigenvalue weighted by molar-refractivity contribution is 5.52. The summed E-state index contributed by atoms with van der Waals surface area (Å²) in [5, 5.41) is 12.6. The summed E-state index contributed by atoms with van der Waals surface area (Å²) in [6, 6.07) is 6.23. The summed E-state index contributed by atoms with van der Waals surface area (Å²) in [5.41, 5.74) is 1.52. The van der Waals surface area contributed by atoms with Crippen LogP contribution in [0.1, 0.15) is 50.8 Å². The van der Waals surface area contributed by atoms with E-state index in [1.54, 1.807) is 0 Å². The Hall–Kier alpha value is -1.60. The molecule has 0 amide bonds. The first-order chi connectivity index (χ1) is 9.62. The van der Waals surface area contributed by atoms with Gasteiger partial charge in [0.15, 0.2) is 0 Å². The predicted molar refractivity (Wildman–Crippen MR) is 79.6 cm³/mol. The van der Waals surface area contributed by atoms with Crippen LogP contribution in [0.4, 0.5) is 5.82 Å². The van der Waals surface area contributed by atoms with Crippen molar-refractivity contribution in [3.63, 3.8) is 0 Å². The Morgan fingerprint density at radius 2 is 2.20 bits per heavy atom. The smallest absolute Gasteiger partial charge is 0.144 e. The Bertz CT molecular complexity index is 503. The van der Waals surface area contributed by atoms with Gasteiger partial charge in [-0.05, 0) is 44.7 Å². The zero-order valence-corrected chi connectivity index (χ0v) is 12.6. The highest BCUT2D eigenvalue weighted by Crippen LogP contribution is 2.32. The maximum Gasteiger partial charge on any atom is 0.144 e. The van der Waals surface area contributed by atoms with Gasteiger partial charge in [0.25, 0.3) is 0 Å². The summed E-state index contributed by atoms with van der Waals surface area (Å²) in [5.74, 6) is 0.709. The van der Waals surface area contributed by atoms with E-state index in [0.717, 1.165) is 38.0 Å². The third-order valence-electron chi connectivity index (χ3n) is 4.28. The summed E-state index contributed by atoms with van der Waals surface area (Å²) >= 11 is 0. The molecule has 1 atom stereocenters. The molecule has 0 aliphatic carbocycles. The molecule has 0 bridgehead atoms. The lowest BCUT2D eigenvalue weighted by atomic mass is 9.86. The second-order valence-electron chi connectivity index (χ2n) is 5.53. The Balaban J connectivity index is 2.14. The molecule has 0 saturated carbocycles. The molecule has 2 rings (SSSR count). The fourth-order valence-corrected chi connectivity index (χ4v) is 2.84. The van der Waals surface area contributed by atoms with E-state index in [1.807, 2.05) is 19.1 Å². The highest BCUT2D eigenvalue weighted by atomic mass is 16.5. The predicted octanol–water partition coefficient (Wildman–Crippen LogP) is 3.41. The zero-order chi connectivity index (χ0) is 14.6. The van der Waals surface area contributed by atoms with Crippen LogP contribution in [0, 0.1) is 18.3 Å². The molecule has 2 heterocycles. The van der Waals surface area contributed by atoms with Gasteiger partial charge in [-0.2, -0.15) is 5.26 Å². The average molecular weight is 273 g/mol. The molecule has 1 N–H and O–H groups in total. The summed E-state index contributed by atoms with van der Waals surface area (Å²) in [7, 11) is 0. The number of aryl methyl sites for hydroxylation is 1. The molecular formula is C16H23N3O. The van der Waals surface area contributed by atoms with E-state index >= 15 is 0 Å². The Kier molecular flexibility index (Phi) is 4.61. The van der Waals surface area contributed by atoms with Gasteiger partial charge < -0.3 is 10.1 Å².